The van der Waals surface area contributed by atoms with Gasteiger partial charge in [0.2, 0.25) is 0 Å². The van der Waals surface area contributed by atoms with Crippen molar-refractivity contribution in [3.8, 4) is 0 Å². The van der Waals surface area contributed by atoms with Gasteiger partial charge in [-0.1, -0.05) is 18.7 Å². The molecule has 1 aromatic rings. The monoisotopic (exact) mass is 161 g/mol. The quantitative estimate of drug-likeness (QED) is 0.703. The van der Waals surface area contributed by atoms with Crippen molar-refractivity contribution in [2.45, 2.75) is 13.8 Å². The fourth-order valence-electron chi connectivity index (χ4n) is 1.36. The van der Waals surface area contributed by atoms with Crippen LogP contribution in [0.2, 0.25) is 0 Å². The first-order valence-electron chi connectivity index (χ1n) is 4.10. The zero-order valence-electron chi connectivity index (χ0n) is 7.94. The molecule has 1 rings (SSSR count). The maximum atomic E-state index is 3.78. The second kappa shape index (κ2) is 3.44. The Labute approximate surface area is 74.1 Å². The van der Waals surface area contributed by atoms with Crippen LogP contribution in [-0.2, 0) is 0 Å². The van der Waals surface area contributed by atoms with Gasteiger partial charge in [0.1, 0.15) is 0 Å². The van der Waals surface area contributed by atoms with E-state index in [2.05, 4.69) is 37.9 Å². The minimum atomic E-state index is 1.19. The molecular formula is C11H15N. The van der Waals surface area contributed by atoms with Crippen LogP contribution in [0.1, 0.15) is 16.7 Å². The third-order valence-electron chi connectivity index (χ3n) is 2.08. The SMILES string of the molecule is C=Cc1cc(C)cc(NC)c1C. The van der Waals surface area contributed by atoms with Gasteiger partial charge in [0, 0.05) is 12.7 Å². The summed E-state index contributed by atoms with van der Waals surface area (Å²) in [6, 6.07) is 4.28. The average Bonchev–Trinajstić information content (AvgIpc) is 2.08. The van der Waals surface area contributed by atoms with Gasteiger partial charge < -0.3 is 5.32 Å². The first kappa shape index (κ1) is 8.85. The van der Waals surface area contributed by atoms with E-state index in [-0.39, 0.29) is 0 Å². The van der Waals surface area contributed by atoms with Crippen molar-refractivity contribution in [3.05, 3.63) is 35.4 Å². The Bertz CT molecular complexity index is 300. The summed E-state index contributed by atoms with van der Waals surface area (Å²) in [5.41, 5.74) is 4.92. The minimum Gasteiger partial charge on any atom is -0.388 e. The third kappa shape index (κ3) is 1.50. The van der Waals surface area contributed by atoms with E-state index in [1.165, 1.54) is 22.4 Å². The maximum Gasteiger partial charge on any atom is 0.0375 e. The summed E-state index contributed by atoms with van der Waals surface area (Å²) in [7, 11) is 1.94. The fourth-order valence-corrected chi connectivity index (χ4v) is 1.36. The molecule has 0 amide bonds. The number of aryl methyl sites for hydroxylation is 1. The van der Waals surface area contributed by atoms with Crippen LogP contribution in [0.25, 0.3) is 6.08 Å². The molecule has 0 fully saturated rings. The highest BCUT2D eigenvalue weighted by atomic mass is 14.8. The molecule has 0 aliphatic rings. The lowest BCUT2D eigenvalue weighted by Gasteiger charge is -2.09. The number of hydrogen-bond donors (Lipinski definition) is 1. The third-order valence-corrected chi connectivity index (χ3v) is 2.08. The van der Waals surface area contributed by atoms with Gasteiger partial charge in [-0.3, -0.25) is 0 Å². The molecule has 0 aliphatic carbocycles. The lowest BCUT2D eigenvalue weighted by atomic mass is 10.0. The highest BCUT2D eigenvalue weighted by molar-refractivity contribution is 5.64. The number of nitrogens with one attached hydrogen (secondary N) is 1. The normalized spacial score (nSPS) is 9.58. The van der Waals surface area contributed by atoms with Gasteiger partial charge in [-0.15, -0.1) is 0 Å². The fraction of sp³-hybridized carbons (Fsp3) is 0.273. The van der Waals surface area contributed by atoms with Gasteiger partial charge in [-0.2, -0.15) is 0 Å². The first-order chi connectivity index (χ1) is 5.69. The van der Waals surface area contributed by atoms with Crippen LogP contribution in [-0.4, -0.2) is 7.05 Å². The van der Waals surface area contributed by atoms with E-state index in [0.29, 0.717) is 0 Å². The molecule has 0 heterocycles. The predicted molar refractivity (Wildman–Crippen MR) is 55.6 cm³/mol. The molecule has 1 nitrogen and oxygen atoms in total. The number of rotatable bonds is 2. The molecule has 0 atom stereocenters. The van der Waals surface area contributed by atoms with E-state index < -0.39 is 0 Å². The summed E-state index contributed by atoms with van der Waals surface area (Å²) < 4.78 is 0. The van der Waals surface area contributed by atoms with Crippen molar-refractivity contribution < 1.29 is 0 Å². The lowest BCUT2D eigenvalue weighted by Crippen LogP contribution is -1.94. The standard InChI is InChI=1S/C11H15N/c1-5-10-6-8(2)7-11(12-4)9(10)3/h5-7,12H,1H2,2-4H3. The van der Waals surface area contributed by atoms with Crippen molar-refractivity contribution in [1.82, 2.24) is 0 Å². The molecule has 0 radical (unpaired) electrons. The second-order valence-electron chi connectivity index (χ2n) is 2.98. The van der Waals surface area contributed by atoms with Crippen molar-refractivity contribution in [1.29, 1.82) is 0 Å². The molecule has 1 N–H and O–H groups in total. The van der Waals surface area contributed by atoms with Crippen LogP contribution in [0.4, 0.5) is 5.69 Å². The molecule has 12 heavy (non-hydrogen) atoms. The van der Waals surface area contributed by atoms with Gasteiger partial charge >= 0.3 is 0 Å². The van der Waals surface area contributed by atoms with E-state index in [1.54, 1.807) is 0 Å². The Kier molecular flexibility index (Phi) is 2.54. The zero-order valence-corrected chi connectivity index (χ0v) is 7.94. The van der Waals surface area contributed by atoms with E-state index >= 15 is 0 Å². The predicted octanol–water partition coefficient (Wildman–Crippen LogP) is 2.99. The molecule has 64 valence electrons. The van der Waals surface area contributed by atoms with Gasteiger partial charge in [-0.05, 0) is 36.6 Å². The summed E-state index contributed by atoms with van der Waals surface area (Å²) in [5.74, 6) is 0. The molecule has 0 spiro atoms. The summed E-state index contributed by atoms with van der Waals surface area (Å²) in [5, 5.41) is 3.16. The van der Waals surface area contributed by atoms with Gasteiger partial charge in [0.05, 0.1) is 0 Å². The highest BCUT2D eigenvalue weighted by Gasteiger charge is 2.00. The zero-order chi connectivity index (χ0) is 9.14. The van der Waals surface area contributed by atoms with Gasteiger partial charge in [-0.25, -0.2) is 0 Å². The average molecular weight is 161 g/mol. The smallest absolute Gasteiger partial charge is 0.0375 e. The maximum absolute atomic E-state index is 3.78. The van der Waals surface area contributed by atoms with Crippen molar-refractivity contribution >= 4 is 11.8 Å². The topological polar surface area (TPSA) is 12.0 Å². The van der Waals surface area contributed by atoms with Crippen LogP contribution in [0.5, 0.6) is 0 Å². The molecule has 0 bridgehead atoms. The Morgan fingerprint density at radius 2 is 2.00 bits per heavy atom. The van der Waals surface area contributed by atoms with E-state index in [9.17, 15) is 0 Å². The minimum absolute atomic E-state index is 1.19. The van der Waals surface area contributed by atoms with E-state index in [0.717, 1.165) is 0 Å². The van der Waals surface area contributed by atoms with Gasteiger partial charge in [0.25, 0.3) is 0 Å². The molecule has 0 aliphatic heterocycles. The van der Waals surface area contributed by atoms with Crippen molar-refractivity contribution in [2.24, 2.45) is 0 Å². The Balaban J connectivity index is 3.31. The summed E-state index contributed by atoms with van der Waals surface area (Å²) in [6.07, 6.45) is 1.89. The Morgan fingerprint density at radius 1 is 1.33 bits per heavy atom. The molecule has 0 saturated carbocycles. The van der Waals surface area contributed by atoms with Gasteiger partial charge in [0.15, 0.2) is 0 Å². The first-order valence-corrected chi connectivity index (χ1v) is 4.10. The molecule has 1 aromatic carbocycles. The summed E-state index contributed by atoms with van der Waals surface area (Å²) >= 11 is 0. The molecular weight excluding hydrogens is 146 g/mol. The van der Waals surface area contributed by atoms with Crippen molar-refractivity contribution in [2.75, 3.05) is 12.4 Å². The number of anilines is 1. The van der Waals surface area contributed by atoms with Crippen LogP contribution < -0.4 is 5.32 Å². The Hall–Kier alpha value is -1.24. The van der Waals surface area contributed by atoms with Crippen molar-refractivity contribution in [3.63, 3.8) is 0 Å². The molecule has 0 aromatic heterocycles. The number of benzene rings is 1. The van der Waals surface area contributed by atoms with Crippen LogP contribution in [0.3, 0.4) is 0 Å². The Morgan fingerprint density at radius 3 is 2.50 bits per heavy atom. The molecule has 0 unspecified atom stereocenters. The largest absolute Gasteiger partial charge is 0.388 e. The molecule has 1 heteroatoms. The van der Waals surface area contributed by atoms with E-state index in [4.69, 9.17) is 0 Å². The highest BCUT2D eigenvalue weighted by Crippen LogP contribution is 2.21. The summed E-state index contributed by atoms with van der Waals surface area (Å²) in [6.45, 7) is 7.97. The van der Waals surface area contributed by atoms with Crippen LogP contribution in [0.15, 0.2) is 18.7 Å². The lowest BCUT2D eigenvalue weighted by molar-refractivity contribution is 1.34. The number of hydrogen-bond acceptors (Lipinski definition) is 1. The molecule has 0 saturated heterocycles. The van der Waals surface area contributed by atoms with Crippen LogP contribution in [0, 0.1) is 13.8 Å². The van der Waals surface area contributed by atoms with E-state index in [1.807, 2.05) is 13.1 Å². The van der Waals surface area contributed by atoms with Crippen LogP contribution >= 0.6 is 0 Å². The second-order valence-corrected chi connectivity index (χ2v) is 2.98. The summed E-state index contributed by atoms with van der Waals surface area (Å²) in [4.78, 5) is 0.